The number of rotatable bonds is 4. The Labute approximate surface area is 118 Å². The Balaban J connectivity index is 2.21. The van der Waals surface area contributed by atoms with Gasteiger partial charge in [-0.15, -0.1) is 0 Å². The molecular weight excluding hydrogens is 252 g/mol. The Kier molecular flexibility index (Phi) is 4.38. The highest BCUT2D eigenvalue weighted by atomic mass is 16.3. The number of amides is 1. The van der Waals surface area contributed by atoms with E-state index in [4.69, 9.17) is 5.73 Å². The lowest BCUT2D eigenvalue weighted by Gasteiger charge is -2.10. The Morgan fingerprint density at radius 3 is 2.70 bits per heavy atom. The smallest absolute Gasteiger partial charge is 0.255 e. The Bertz CT molecular complexity index is 624. The molecule has 2 aromatic carbocycles. The summed E-state index contributed by atoms with van der Waals surface area (Å²) in [7, 11) is 0. The molecule has 1 amide bonds. The standard InChI is InChI=1S/C16H18N2O2/c1-11-6-7-13(10-15(11)19)18-16(20)14-5-3-2-4-12(14)8-9-17/h2-7,10,19H,8-9,17H2,1H3,(H,18,20). The number of anilines is 1. The molecule has 0 bridgehead atoms. The summed E-state index contributed by atoms with van der Waals surface area (Å²) in [4.78, 5) is 12.3. The lowest BCUT2D eigenvalue weighted by Crippen LogP contribution is -2.15. The van der Waals surface area contributed by atoms with Crippen molar-refractivity contribution in [3.63, 3.8) is 0 Å². The van der Waals surface area contributed by atoms with E-state index in [0.717, 1.165) is 11.1 Å². The van der Waals surface area contributed by atoms with Crippen molar-refractivity contribution < 1.29 is 9.90 Å². The normalized spacial score (nSPS) is 10.3. The maximum Gasteiger partial charge on any atom is 0.255 e. The summed E-state index contributed by atoms with van der Waals surface area (Å²) < 4.78 is 0. The van der Waals surface area contributed by atoms with Crippen LogP contribution in [0, 0.1) is 6.92 Å². The quantitative estimate of drug-likeness (QED) is 0.798. The van der Waals surface area contributed by atoms with Gasteiger partial charge in [0.25, 0.3) is 5.91 Å². The predicted molar refractivity (Wildman–Crippen MR) is 80.0 cm³/mol. The second-order valence-corrected chi connectivity index (χ2v) is 4.65. The van der Waals surface area contributed by atoms with E-state index in [1.807, 2.05) is 18.2 Å². The summed E-state index contributed by atoms with van der Waals surface area (Å²) in [6.07, 6.45) is 0.655. The summed E-state index contributed by atoms with van der Waals surface area (Å²) in [6, 6.07) is 12.4. The molecule has 0 fully saturated rings. The number of benzene rings is 2. The van der Waals surface area contributed by atoms with Crippen LogP contribution in [0.5, 0.6) is 5.75 Å². The zero-order chi connectivity index (χ0) is 14.5. The lowest BCUT2D eigenvalue weighted by molar-refractivity contribution is 0.102. The topological polar surface area (TPSA) is 75.4 Å². The number of hydrogen-bond donors (Lipinski definition) is 3. The van der Waals surface area contributed by atoms with Gasteiger partial charge < -0.3 is 16.2 Å². The first kappa shape index (κ1) is 14.1. The van der Waals surface area contributed by atoms with Crippen molar-refractivity contribution in [2.45, 2.75) is 13.3 Å². The Morgan fingerprint density at radius 1 is 1.25 bits per heavy atom. The molecule has 0 aliphatic heterocycles. The molecule has 0 aromatic heterocycles. The zero-order valence-electron chi connectivity index (χ0n) is 11.4. The second-order valence-electron chi connectivity index (χ2n) is 4.65. The van der Waals surface area contributed by atoms with Gasteiger partial charge in [0.1, 0.15) is 5.75 Å². The van der Waals surface area contributed by atoms with Crippen LogP contribution < -0.4 is 11.1 Å². The Morgan fingerprint density at radius 2 is 2.00 bits per heavy atom. The predicted octanol–water partition coefficient (Wildman–Crippen LogP) is 2.45. The molecule has 104 valence electrons. The van der Waals surface area contributed by atoms with Crippen LogP contribution in [-0.2, 0) is 6.42 Å². The molecule has 4 heteroatoms. The van der Waals surface area contributed by atoms with E-state index >= 15 is 0 Å². The molecule has 4 N–H and O–H groups in total. The van der Waals surface area contributed by atoms with Crippen LogP contribution in [0.1, 0.15) is 21.5 Å². The fraction of sp³-hybridized carbons (Fsp3) is 0.188. The van der Waals surface area contributed by atoms with Crippen molar-refractivity contribution in [2.75, 3.05) is 11.9 Å². The van der Waals surface area contributed by atoms with E-state index < -0.39 is 0 Å². The van der Waals surface area contributed by atoms with Crippen LogP contribution in [0.4, 0.5) is 5.69 Å². The van der Waals surface area contributed by atoms with Crippen molar-refractivity contribution in [1.29, 1.82) is 0 Å². The molecule has 0 spiro atoms. The molecule has 2 rings (SSSR count). The molecule has 0 radical (unpaired) electrons. The van der Waals surface area contributed by atoms with Crippen LogP contribution >= 0.6 is 0 Å². The van der Waals surface area contributed by atoms with E-state index in [-0.39, 0.29) is 11.7 Å². The van der Waals surface area contributed by atoms with Gasteiger partial charge in [-0.2, -0.15) is 0 Å². The first-order valence-corrected chi connectivity index (χ1v) is 6.50. The van der Waals surface area contributed by atoms with Crippen LogP contribution in [0.25, 0.3) is 0 Å². The number of phenols is 1. The van der Waals surface area contributed by atoms with Crippen LogP contribution in [0.2, 0.25) is 0 Å². The summed E-state index contributed by atoms with van der Waals surface area (Å²) in [5, 5.41) is 12.4. The summed E-state index contributed by atoms with van der Waals surface area (Å²) >= 11 is 0. The number of nitrogens with two attached hydrogens (primary N) is 1. The van der Waals surface area contributed by atoms with E-state index in [0.29, 0.717) is 24.2 Å². The van der Waals surface area contributed by atoms with Crippen molar-refractivity contribution >= 4 is 11.6 Å². The highest BCUT2D eigenvalue weighted by Gasteiger charge is 2.11. The first-order valence-electron chi connectivity index (χ1n) is 6.50. The fourth-order valence-electron chi connectivity index (χ4n) is 2.00. The molecule has 20 heavy (non-hydrogen) atoms. The van der Waals surface area contributed by atoms with Gasteiger partial charge in [0.15, 0.2) is 0 Å². The minimum atomic E-state index is -0.197. The number of hydrogen-bond acceptors (Lipinski definition) is 3. The number of carbonyl (C=O) groups excluding carboxylic acids is 1. The number of aryl methyl sites for hydroxylation is 1. The minimum absolute atomic E-state index is 0.165. The van der Waals surface area contributed by atoms with Gasteiger partial charge in [-0.25, -0.2) is 0 Å². The monoisotopic (exact) mass is 270 g/mol. The highest BCUT2D eigenvalue weighted by Crippen LogP contribution is 2.21. The molecule has 0 saturated carbocycles. The molecule has 4 nitrogen and oxygen atoms in total. The molecule has 0 aliphatic rings. The molecule has 0 atom stereocenters. The summed E-state index contributed by atoms with van der Waals surface area (Å²) in [5.74, 6) is -0.0321. The third kappa shape index (κ3) is 3.16. The van der Waals surface area contributed by atoms with E-state index in [1.54, 1.807) is 31.2 Å². The van der Waals surface area contributed by atoms with Crippen LogP contribution in [-0.4, -0.2) is 17.6 Å². The minimum Gasteiger partial charge on any atom is -0.508 e. The van der Waals surface area contributed by atoms with E-state index in [1.165, 1.54) is 0 Å². The maximum atomic E-state index is 12.3. The van der Waals surface area contributed by atoms with Gasteiger partial charge in [-0.3, -0.25) is 4.79 Å². The lowest BCUT2D eigenvalue weighted by atomic mass is 10.0. The van der Waals surface area contributed by atoms with Crippen LogP contribution in [0.15, 0.2) is 42.5 Å². The SMILES string of the molecule is Cc1ccc(NC(=O)c2ccccc2CCN)cc1O. The van der Waals surface area contributed by atoms with Crippen molar-refractivity contribution in [3.05, 3.63) is 59.2 Å². The van der Waals surface area contributed by atoms with Crippen LogP contribution in [0.3, 0.4) is 0 Å². The van der Waals surface area contributed by atoms with Gasteiger partial charge in [-0.05, 0) is 43.1 Å². The van der Waals surface area contributed by atoms with Crippen molar-refractivity contribution in [2.24, 2.45) is 5.73 Å². The first-order chi connectivity index (χ1) is 9.61. The van der Waals surface area contributed by atoms with E-state index in [2.05, 4.69) is 5.32 Å². The second kappa shape index (κ2) is 6.21. The molecule has 0 saturated heterocycles. The molecule has 0 unspecified atom stereocenters. The summed E-state index contributed by atoms with van der Waals surface area (Å²) in [6.45, 7) is 2.30. The molecule has 2 aromatic rings. The van der Waals surface area contributed by atoms with Crippen molar-refractivity contribution in [1.82, 2.24) is 0 Å². The van der Waals surface area contributed by atoms with Gasteiger partial charge in [-0.1, -0.05) is 24.3 Å². The van der Waals surface area contributed by atoms with Crippen molar-refractivity contribution in [3.8, 4) is 5.75 Å². The van der Waals surface area contributed by atoms with Gasteiger partial charge in [0, 0.05) is 17.3 Å². The molecule has 0 aliphatic carbocycles. The number of aromatic hydroxyl groups is 1. The average molecular weight is 270 g/mol. The van der Waals surface area contributed by atoms with Gasteiger partial charge in [0.05, 0.1) is 0 Å². The third-order valence-corrected chi connectivity index (χ3v) is 3.14. The number of carbonyl (C=O) groups is 1. The zero-order valence-corrected chi connectivity index (χ0v) is 11.4. The average Bonchev–Trinajstić information content (AvgIpc) is 2.44. The largest absolute Gasteiger partial charge is 0.508 e. The molecular formula is C16H18N2O2. The summed E-state index contributed by atoms with van der Waals surface area (Å²) in [5.41, 5.74) is 8.42. The van der Waals surface area contributed by atoms with E-state index in [9.17, 15) is 9.90 Å². The maximum absolute atomic E-state index is 12.3. The number of phenolic OH excluding ortho intramolecular Hbond substituents is 1. The third-order valence-electron chi connectivity index (χ3n) is 3.14. The highest BCUT2D eigenvalue weighted by molar-refractivity contribution is 6.05. The molecule has 0 heterocycles. The van der Waals surface area contributed by atoms with Gasteiger partial charge >= 0.3 is 0 Å². The van der Waals surface area contributed by atoms with Gasteiger partial charge in [0.2, 0.25) is 0 Å². The fourth-order valence-corrected chi connectivity index (χ4v) is 2.00. The number of nitrogens with one attached hydrogen (secondary N) is 1. The Hall–Kier alpha value is -2.33.